The SMILES string of the molecule is COc1ccc2nc(C)cc(Nc3ccccc3O)c2c1.Cl.Cl. The molecule has 0 aliphatic rings. The largest absolute Gasteiger partial charge is 0.506 e. The molecule has 0 saturated carbocycles. The highest BCUT2D eigenvalue weighted by Gasteiger charge is 2.08. The molecule has 4 nitrogen and oxygen atoms in total. The van der Waals surface area contributed by atoms with Gasteiger partial charge in [0.05, 0.1) is 18.3 Å². The van der Waals surface area contributed by atoms with Gasteiger partial charge in [0.25, 0.3) is 0 Å². The first-order chi connectivity index (χ1) is 10.2. The maximum atomic E-state index is 9.91. The molecule has 0 fully saturated rings. The number of aromatic nitrogens is 1. The summed E-state index contributed by atoms with van der Waals surface area (Å²) in [5, 5.41) is 14.1. The quantitative estimate of drug-likeness (QED) is 0.662. The molecular weight excluding hydrogens is 335 g/mol. The Labute approximate surface area is 147 Å². The van der Waals surface area contributed by atoms with Crippen molar-refractivity contribution in [2.45, 2.75) is 6.92 Å². The Morgan fingerprint density at radius 2 is 1.74 bits per heavy atom. The highest BCUT2D eigenvalue weighted by Crippen LogP contribution is 2.32. The molecule has 0 unspecified atom stereocenters. The number of phenols is 1. The summed E-state index contributed by atoms with van der Waals surface area (Å²) in [6.07, 6.45) is 0. The van der Waals surface area contributed by atoms with Crippen molar-refractivity contribution in [2.75, 3.05) is 12.4 Å². The van der Waals surface area contributed by atoms with E-state index in [1.54, 1.807) is 19.2 Å². The van der Waals surface area contributed by atoms with Crippen LogP contribution in [0.5, 0.6) is 11.5 Å². The molecule has 3 rings (SSSR count). The normalized spacial score (nSPS) is 9.65. The van der Waals surface area contributed by atoms with E-state index < -0.39 is 0 Å². The van der Waals surface area contributed by atoms with Gasteiger partial charge in [0.15, 0.2) is 0 Å². The molecule has 3 aromatic rings. The van der Waals surface area contributed by atoms with Crippen molar-refractivity contribution < 1.29 is 9.84 Å². The summed E-state index contributed by atoms with van der Waals surface area (Å²) in [6, 6.07) is 14.8. The summed E-state index contributed by atoms with van der Waals surface area (Å²) in [7, 11) is 1.64. The molecule has 0 spiro atoms. The fourth-order valence-electron chi connectivity index (χ4n) is 2.29. The average molecular weight is 353 g/mol. The minimum absolute atomic E-state index is 0. The minimum atomic E-state index is 0. The first-order valence-electron chi connectivity index (χ1n) is 6.68. The summed E-state index contributed by atoms with van der Waals surface area (Å²) in [5.74, 6) is 0.983. The summed E-state index contributed by atoms with van der Waals surface area (Å²) < 4.78 is 5.28. The number of hydrogen-bond acceptors (Lipinski definition) is 4. The Hall–Kier alpha value is -2.17. The van der Waals surface area contributed by atoms with Crippen LogP contribution in [-0.2, 0) is 0 Å². The summed E-state index contributed by atoms with van der Waals surface area (Å²) in [6.45, 7) is 1.94. The smallest absolute Gasteiger partial charge is 0.139 e. The van der Waals surface area contributed by atoms with Crippen LogP contribution in [0.4, 0.5) is 11.4 Å². The van der Waals surface area contributed by atoms with E-state index in [1.807, 2.05) is 43.3 Å². The lowest BCUT2D eigenvalue weighted by Crippen LogP contribution is -1.95. The number of halogens is 2. The van der Waals surface area contributed by atoms with Crippen LogP contribution >= 0.6 is 24.8 Å². The van der Waals surface area contributed by atoms with Crippen LogP contribution in [0.25, 0.3) is 10.9 Å². The maximum Gasteiger partial charge on any atom is 0.139 e. The van der Waals surface area contributed by atoms with Crippen LogP contribution in [-0.4, -0.2) is 17.2 Å². The van der Waals surface area contributed by atoms with E-state index in [2.05, 4.69) is 10.3 Å². The Balaban J connectivity index is 0.00000132. The van der Waals surface area contributed by atoms with Crippen molar-refractivity contribution in [3.63, 3.8) is 0 Å². The monoisotopic (exact) mass is 352 g/mol. The molecule has 122 valence electrons. The number of phenolic OH excluding ortho intramolecular Hbond substituents is 1. The first-order valence-corrected chi connectivity index (χ1v) is 6.68. The fraction of sp³-hybridized carbons (Fsp3) is 0.118. The van der Waals surface area contributed by atoms with Gasteiger partial charge in [0.2, 0.25) is 0 Å². The van der Waals surface area contributed by atoms with Crippen LogP contribution in [0.15, 0.2) is 48.5 Å². The Morgan fingerprint density at radius 3 is 2.43 bits per heavy atom. The predicted molar refractivity (Wildman–Crippen MR) is 98.9 cm³/mol. The van der Waals surface area contributed by atoms with Crippen molar-refractivity contribution in [3.05, 3.63) is 54.2 Å². The third-order valence-electron chi connectivity index (χ3n) is 3.32. The van der Waals surface area contributed by atoms with Crippen LogP contribution in [0.3, 0.4) is 0 Å². The van der Waals surface area contributed by atoms with Crippen molar-refractivity contribution in [3.8, 4) is 11.5 Å². The number of aryl methyl sites for hydroxylation is 1. The average Bonchev–Trinajstić information content (AvgIpc) is 2.49. The van der Waals surface area contributed by atoms with E-state index in [1.165, 1.54) is 0 Å². The second-order valence-corrected chi connectivity index (χ2v) is 4.84. The lowest BCUT2D eigenvalue weighted by atomic mass is 10.1. The van der Waals surface area contributed by atoms with Gasteiger partial charge in [0.1, 0.15) is 11.5 Å². The second kappa shape index (κ2) is 7.90. The van der Waals surface area contributed by atoms with Crippen molar-refractivity contribution in [2.24, 2.45) is 0 Å². The van der Waals surface area contributed by atoms with Gasteiger partial charge in [-0.05, 0) is 43.3 Å². The molecule has 2 aromatic carbocycles. The molecule has 6 heteroatoms. The van der Waals surface area contributed by atoms with E-state index in [-0.39, 0.29) is 30.6 Å². The molecule has 0 aliphatic carbocycles. The maximum absolute atomic E-state index is 9.91. The van der Waals surface area contributed by atoms with Gasteiger partial charge in [-0.2, -0.15) is 0 Å². The lowest BCUT2D eigenvalue weighted by molar-refractivity contribution is 0.415. The molecule has 23 heavy (non-hydrogen) atoms. The number of rotatable bonds is 3. The number of ether oxygens (including phenoxy) is 1. The van der Waals surface area contributed by atoms with E-state index >= 15 is 0 Å². The van der Waals surface area contributed by atoms with E-state index in [4.69, 9.17) is 4.74 Å². The highest BCUT2D eigenvalue weighted by atomic mass is 35.5. The van der Waals surface area contributed by atoms with Crippen LogP contribution in [0, 0.1) is 6.92 Å². The zero-order valence-corrected chi connectivity index (χ0v) is 14.4. The summed E-state index contributed by atoms with van der Waals surface area (Å²) in [4.78, 5) is 4.52. The van der Waals surface area contributed by atoms with Gasteiger partial charge in [0, 0.05) is 16.8 Å². The molecule has 1 aromatic heterocycles. The fourth-order valence-corrected chi connectivity index (χ4v) is 2.29. The number of nitrogens with zero attached hydrogens (tertiary/aromatic N) is 1. The molecule has 0 atom stereocenters. The zero-order valence-electron chi connectivity index (χ0n) is 12.7. The van der Waals surface area contributed by atoms with Gasteiger partial charge in [-0.3, -0.25) is 4.98 Å². The first kappa shape index (κ1) is 18.9. The topological polar surface area (TPSA) is 54.4 Å². The molecule has 0 aliphatic heterocycles. The molecule has 0 amide bonds. The number of nitrogens with one attached hydrogen (secondary N) is 1. The number of anilines is 2. The zero-order chi connectivity index (χ0) is 14.8. The standard InChI is InChI=1S/C17H16N2O2.2ClH/c1-11-9-16(19-15-5-3-4-6-17(15)20)13-10-12(21-2)7-8-14(13)18-11;;/h3-10,20H,1-2H3,(H,18,19);2*1H. The number of hydrogen-bond donors (Lipinski definition) is 2. The number of fused-ring (bicyclic) bond motifs is 1. The molecular formula is C17H18Cl2N2O2. The van der Waals surface area contributed by atoms with Crippen LogP contribution < -0.4 is 10.1 Å². The van der Waals surface area contributed by atoms with E-state index in [9.17, 15) is 5.11 Å². The van der Waals surface area contributed by atoms with Gasteiger partial charge in [-0.25, -0.2) is 0 Å². The Bertz CT molecular complexity index is 810. The van der Waals surface area contributed by atoms with E-state index in [0.717, 1.165) is 28.0 Å². The number of benzene rings is 2. The van der Waals surface area contributed by atoms with Crippen LogP contribution in [0.1, 0.15) is 5.69 Å². The third kappa shape index (κ3) is 3.97. The molecule has 0 saturated heterocycles. The minimum Gasteiger partial charge on any atom is -0.506 e. The number of pyridine rings is 1. The lowest BCUT2D eigenvalue weighted by Gasteiger charge is -2.12. The second-order valence-electron chi connectivity index (χ2n) is 4.84. The number of aromatic hydroxyl groups is 1. The highest BCUT2D eigenvalue weighted by molar-refractivity contribution is 5.94. The van der Waals surface area contributed by atoms with Gasteiger partial charge < -0.3 is 15.2 Å². The van der Waals surface area contributed by atoms with Crippen LogP contribution in [0.2, 0.25) is 0 Å². The number of para-hydroxylation sites is 2. The third-order valence-corrected chi connectivity index (χ3v) is 3.32. The summed E-state index contributed by atoms with van der Waals surface area (Å²) in [5.41, 5.74) is 3.34. The van der Waals surface area contributed by atoms with Gasteiger partial charge >= 0.3 is 0 Å². The molecule has 2 N–H and O–H groups in total. The Kier molecular flexibility index (Phi) is 6.49. The van der Waals surface area contributed by atoms with Gasteiger partial charge in [-0.1, -0.05) is 12.1 Å². The van der Waals surface area contributed by atoms with E-state index in [0.29, 0.717) is 5.69 Å². The van der Waals surface area contributed by atoms with Crippen molar-refractivity contribution in [1.82, 2.24) is 4.98 Å². The van der Waals surface area contributed by atoms with Crippen molar-refractivity contribution in [1.29, 1.82) is 0 Å². The molecule has 1 heterocycles. The van der Waals surface area contributed by atoms with Crippen molar-refractivity contribution >= 4 is 47.1 Å². The number of methoxy groups -OCH3 is 1. The summed E-state index contributed by atoms with van der Waals surface area (Å²) >= 11 is 0. The predicted octanol–water partition coefficient (Wildman–Crippen LogP) is 4.84. The Morgan fingerprint density at radius 1 is 1.00 bits per heavy atom. The molecule has 0 bridgehead atoms. The van der Waals surface area contributed by atoms with Gasteiger partial charge in [-0.15, -0.1) is 24.8 Å². The molecule has 0 radical (unpaired) electrons.